The van der Waals surface area contributed by atoms with Crippen molar-refractivity contribution >= 4 is 5.91 Å². The molecule has 0 saturated heterocycles. The van der Waals surface area contributed by atoms with Gasteiger partial charge in [-0.2, -0.15) is 5.10 Å². The van der Waals surface area contributed by atoms with E-state index < -0.39 is 0 Å². The molecular formula is C11H19N5O. The topological polar surface area (TPSA) is 90.2 Å². The van der Waals surface area contributed by atoms with Gasteiger partial charge in [0, 0.05) is 30.7 Å². The number of nitrogens with two attached hydrogens (primary N) is 2. The number of nitrogens with zero attached hydrogens (tertiary/aromatic N) is 3. The van der Waals surface area contributed by atoms with E-state index >= 15 is 0 Å². The van der Waals surface area contributed by atoms with Crippen LogP contribution in [-0.4, -0.2) is 39.2 Å². The predicted molar refractivity (Wildman–Crippen MR) is 64.3 cm³/mol. The fraction of sp³-hybridized carbons (Fsp3) is 0.636. The van der Waals surface area contributed by atoms with Crippen LogP contribution in [0.2, 0.25) is 0 Å². The van der Waals surface area contributed by atoms with Gasteiger partial charge in [-0.05, 0) is 13.8 Å². The maximum absolute atomic E-state index is 11.6. The van der Waals surface area contributed by atoms with Gasteiger partial charge in [0.15, 0.2) is 0 Å². The molecule has 0 radical (unpaired) electrons. The molecule has 1 aromatic heterocycles. The highest BCUT2D eigenvalue weighted by Gasteiger charge is 2.28. The number of carbonyl (C=O) groups is 1. The van der Waals surface area contributed by atoms with Gasteiger partial charge in [-0.3, -0.25) is 9.69 Å². The van der Waals surface area contributed by atoms with Crippen LogP contribution in [0, 0.1) is 0 Å². The van der Waals surface area contributed by atoms with Crippen LogP contribution >= 0.6 is 0 Å². The van der Waals surface area contributed by atoms with Crippen molar-refractivity contribution in [3.05, 3.63) is 17.5 Å². The monoisotopic (exact) mass is 237 g/mol. The summed E-state index contributed by atoms with van der Waals surface area (Å²) in [5.41, 5.74) is 13.1. The van der Waals surface area contributed by atoms with Gasteiger partial charge in [-0.15, -0.1) is 0 Å². The molecule has 1 aliphatic rings. The first-order valence-corrected chi connectivity index (χ1v) is 5.71. The van der Waals surface area contributed by atoms with Crippen LogP contribution in [0.15, 0.2) is 6.20 Å². The summed E-state index contributed by atoms with van der Waals surface area (Å²) < 4.78 is 1.42. The van der Waals surface area contributed by atoms with E-state index in [4.69, 9.17) is 11.5 Å². The average Bonchev–Trinajstić information content (AvgIpc) is 2.73. The number of hydrogen-bond donors (Lipinski definition) is 2. The smallest absolute Gasteiger partial charge is 0.260 e. The second-order valence-electron chi connectivity index (χ2n) is 5.26. The van der Waals surface area contributed by atoms with Crippen LogP contribution < -0.4 is 11.5 Å². The summed E-state index contributed by atoms with van der Waals surface area (Å²) in [5, 5.41) is 4.07. The lowest BCUT2D eigenvalue weighted by Gasteiger charge is -2.25. The van der Waals surface area contributed by atoms with Crippen molar-refractivity contribution in [1.29, 1.82) is 0 Å². The third kappa shape index (κ3) is 2.54. The quantitative estimate of drug-likeness (QED) is 0.742. The Balaban J connectivity index is 2.12. The maximum atomic E-state index is 11.6. The van der Waals surface area contributed by atoms with Crippen molar-refractivity contribution in [3.8, 4) is 0 Å². The molecule has 0 aromatic carbocycles. The lowest BCUT2D eigenvalue weighted by Crippen LogP contribution is -2.43. The fourth-order valence-electron chi connectivity index (χ4n) is 2.21. The molecule has 94 valence electrons. The predicted octanol–water partition coefficient (Wildman–Crippen LogP) is -0.465. The number of aromatic nitrogens is 2. The van der Waals surface area contributed by atoms with E-state index in [-0.39, 0.29) is 18.0 Å². The number of carbonyl (C=O) groups excluding carboxylic acids is 1. The second kappa shape index (κ2) is 4.21. The summed E-state index contributed by atoms with van der Waals surface area (Å²) in [6, 6.07) is 0. The zero-order chi connectivity index (χ0) is 12.6. The minimum absolute atomic E-state index is 0.0174. The minimum atomic E-state index is -0.237. The zero-order valence-electron chi connectivity index (χ0n) is 10.3. The second-order valence-corrected chi connectivity index (χ2v) is 5.26. The minimum Gasteiger partial charge on any atom is -0.324 e. The first-order valence-electron chi connectivity index (χ1n) is 5.71. The Kier molecular flexibility index (Phi) is 3.03. The Labute approximate surface area is 101 Å². The van der Waals surface area contributed by atoms with Crippen LogP contribution in [0.25, 0.3) is 0 Å². The highest BCUT2D eigenvalue weighted by Crippen LogP contribution is 2.23. The van der Waals surface area contributed by atoms with E-state index in [0.29, 0.717) is 6.54 Å². The largest absolute Gasteiger partial charge is 0.324 e. The Morgan fingerprint density at radius 3 is 2.82 bits per heavy atom. The van der Waals surface area contributed by atoms with Gasteiger partial charge >= 0.3 is 0 Å². The van der Waals surface area contributed by atoms with Crippen molar-refractivity contribution in [2.24, 2.45) is 11.5 Å². The van der Waals surface area contributed by atoms with Gasteiger partial charge in [0.25, 0.3) is 5.91 Å². The fourth-order valence-corrected chi connectivity index (χ4v) is 2.21. The first kappa shape index (κ1) is 12.2. The highest BCUT2D eigenvalue weighted by atomic mass is 16.2. The van der Waals surface area contributed by atoms with Crippen molar-refractivity contribution < 1.29 is 4.79 Å². The Morgan fingerprint density at radius 2 is 2.24 bits per heavy atom. The molecule has 0 fully saturated rings. The van der Waals surface area contributed by atoms with Crippen LogP contribution in [0.5, 0.6) is 0 Å². The third-order valence-electron chi connectivity index (χ3n) is 2.76. The third-order valence-corrected chi connectivity index (χ3v) is 2.76. The van der Waals surface area contributed by atoms with Crippen LogP contribution in [0.3, 0.4) is 0 Å². The molecule has 0 aliphatic carbocycles. The maximum Gasteiger partial charge on any atom is 0.260 e. The summed E-state index contributed by atoms with van der Waals surface area (Å²) in [6.45, 7) is 6.27. The van der Waals surface area contributed by atoms with Crippen LogP contribution in [0.1, 0.15) is 29.9 Å². The molecule has 0 spiro atoms. The molecule has 17 heavy (non-hydrogen) atoms. The molecule has 0 saturated carbocycles. The lowest BCUT2D eigenvalue weighted by molar-refractivity contribution is 0.0901. The highest BCUT2D eigenvalue weighted by molar-refractivity contribution is 5.80. The molecule has 0 unspecified atom stereocenters. The summed E-state index contributed by atoms with van der Waals surface area (Å²) in [7, 11) is 0. The number of fused-ring (bicyclic) bond motifs is 1. The molecule has 0 amide bonds. The summed E-state index contributed by atoms with van der Waals surface area (Å²) in [5.74, 6) is -0.167. The Hall–Kier alpha value is -1.24. The van der Waals surface area contributed by atoms with E-state index in [1.165, 1.54) is 4.68 Å². The van der Waals surface area contributed by atoms with E-state index in [0.717, 1.165) is 24.3 Å². The molecule has 1 aromatic rings. The molecule has 0 bridgehead atoms. The van der Waals surface area contributed by atoms with Gasteiger partial charge in [0.05, 0.1) is 18.4 Å². The average molecular weight is 237 g/mol. The molecule has 2 heterocycles. The lowest BCUT2D eigenvalue weighted by atomic mass is 10.1. The van der Waals surface area contributed by atoms with Gasteiger partial charge in [-0.25, -0.2) is 4.68 Å². The Bertz CT molecular complexity index is 432. The zero-order valence-corrected chi connectivity index (χ0v) is 10.3. The van der Waals surface area contributed by atoms with E-state index in [1.807, 2.05) is 13.8 Å². The van der Waals surface area contributed by atoms with E-state index in [9.17, 15) is 4.79 Å². The molecule has 6 nitrogen and oxygen atoms in total. The summed E-state index contributed by atoms with van der Waals surface area (Å²) in [6.07, 6.45) is 1.74. The van der Waals surface area contributed by atoms with E-state index in [2.05, 4.69) is 10.00 Å². The van der Waals surface area contributed by atoms with Crippen molar-refractivity contribution in [1.82, 2.24) is 14.7 Å². The summed E-state index contributed by atoms with van der Waals surface area (Å²) >= 11 is 0. The first-order chi connectivity index (χ1) is 7.90. The van der Waals surface area contributed by atoms with Gasteiger partial charge < -0.3 is 11.5 Å². The van der Waals surface area contributed by atoms with Crippen LogP contribution in [-0.2, 0) is 13.1 Å². The molecule has 6 heteroatoms. The molecule has 1 aliphatic heterocycles. The van der Waals surface area contributed by atoms with E-state index in [1.54, 1.807) is 6.20 Å². The van der Waals surface area contributed by atoms with Gasteiger partial charge in [0.1, 0.15) is 0 Å². The van der Waals surface area contributed by atoms with Crippen molar-refractivity contribution in [2.75, 3.05) is 13.1 Å². The normalized spacial score (nSPS) is 16.2. The van der Waals surface area contributed by atoms with Crippen LogP contribution in [0.4, 0.5) is 0 Å². The Morgan fingerprint density at radius 1 is 1.53 bits per heavy atom. The summed E-state index contributed by atoms with van der Waals surface area (Å²) in [4.78, 5) is 13.8. The molecular weight excluding hydrogens is 218 g/mol. The molecule has 2 rings (SSSR count). The van der Waals surface area contributed by atoms with Crippen molar-refractivity contribution in [3.63, 3.8) is 0 Å². The van der Waals surface area contributed by atoms with Gasteiger partial charge in [-0.1, -0.05) is 0 Å². The molecule has 4 N–H and O–H groups in total. The van der Waals surface area contributed by atoms with Gasteiger partial charge in [0.2, 0.25) is 0 Å². The number of rotatable bonds is 3. The standard InChI is InChI=1S/C11H19N5O/c1-11(2,13)7-15-5-8-4-14-16(9(8)6-15)10(17)3-12/h4H,3,5-7,12-13H2,1-2H3. The van der Waals surface area contributed by atoms with Crippen molar-refractivity contribution in [2.45, 2.75) is 32.5 Å². The number of hydrogen-bond acceptors (Lipinski definition) is 5. The SMILES string of the molecule is CC(C)(N)CN1Cc2cnn(C(=O)CN)c2C1. The molecule has 0 atom stereocenters.